The van der Waals surface area contributed by atoms with Crippen LogP contribution in [0.4, 0.5) is 0 Å². The maximum atomic E-state index is 5.18. The van der Waals surface area contributed by atoms with Gasteiger partial charge in [-0.1, -0.05) is 12.2 Å². The number of hydrogen-bond donors (Lipinski definition) is 0. The molecule has 3 nitrogen and oxygen atoms in total. The third-order valence-electron chi connectivity index (χ3n) is 2.67. The average Bonchev–Trinajstić information content (AvgIpc) is 2.52. The van der Waals surface area contributed by atoms with E-state index in [0.717, 1.165) is 26.2 Å². The molecule has 3 heteroatoms. The largest absolute Gasteiger partial charge is 0.367 e. The third kappa shape index (κ3) is 2.53. The van der Waals surface area contributed by atoms with Crippen molar-refractivity contribution >= 4 is 0 Å². The molecule has 0 aliphatic carbocycles. The van der Waals surface area contributed by atoms with Crippen molar-refractivity contribution < 1.29 is 4.74 Å². The molecule has 3 heterocycles. The molecule has 74 valence electrons. The maximum Gasteiger partial charge on any atom is 0.0981 e. The van der Waals surface area contributed by atoms with Crippen LogP contribution in [0, 0.1) is 0 Å². The van der Waals surface area contributed by atoms with Gasteiger partial charge < -0.3 is 9.64 Å². The lowest BCUT2D eigenvalue weighted by Gasteiger charge is -2.06. The summed E-state index contributed by atoms with van der Waals surface area (Å²) in [7, 11) is 4.25. The molecule has 0 aromatic heterocycles. The summed E-state index contributed by atoms with van der Waals surface area (Å²) in [6, 6.07) is 0. The Morgan fingerprint density at radius 2 is 1.54 bits per heavy atom. The highest BCUT2D eigenvalue weighted by Crippen LogP contribution is 2.28. The Kier molecular flexibility index (Phi) is 2.67. The number of hydrogen-bond acceptors (Lipinski definition) is 3. The minimum absolute atomic E-state index is 0.616. The van der Waals surface area contributed by atoms with Crippen LogP contribution in [-0.4, -0.2) is 62.3 Å². The van der Waals surface area contributed by atoms with Gasteiger partial charge >= 0.3 is 0 Å². The van der Waals surface area contributed by atoms with Gasteiger partial charge in [-0.2, -0.15) is 0 Å². The van der Waals surface area contributed by atoms with Gasteiger partial charge in [0.2, 0.25) is 0 Å². The second kappa shape index (κ2) is 3.78. The topological polar surface area (TPSA) is 19.0 Å². The van der Waals surface area contributed by atoms with Gasteiger partial charge in [-0.3, -0.25) is 4.90 Å². The van der Waals surface area contributed by atoms with Crippen molar-refractivity contribution in [1.29, 1.82) is 0 Å². The van der Waals surface area contributed by atoms with E-state index in [1.165, 1.54) is 0 Å². The van der Waals surface area contributed by atoms with E-state index in [9.17, 15) is 0 Å². The fourth-order valence-corrected chi connectivity index (χ4v) is 1.77. The van der Waals surface area contributed by atoms with Crippen LogP contribution >= 0.6 is 0 Å². The molecule has 2 atom stereocenters. The first-order chi connectivity index (χ1) is 6.25. The summed E-state index contributed by atoms with van der Waals surface area (Å²) >= 11 is 0. The fraction of sp³-hybridized carbons (Fsp3) is 0.800. The van der Waals surface area contributed by atoms with E-state index in [2.05, 4.69) is 36.0 Å². The number of likely N-dealkylation sites (N-methyl/N-ethyl adjacent to an activating group) is 2. The van der Waals surface area contributed by atoms with Crippen molar-refractivity contribution in [3.05, 3.63) is 12.2 Å². The smallest absolute Gasteiger partial charge is 0.0981 e. The lowest BCUT2D eigenvalue weighted by atomic mass is 10.4. The molecule has 3 aliphatic heterocycles. The van der Waals surface area contributed by atoms with Crippen molar-refractivity contribution in [1.82, 2.24) is 9.80 Å². The first-order valence-electron chi connectivity index (χ1n) is 4.93. The van der Waals surface area contributed by atoms with Crippen LogP contribution in [0.2, 0.25) is 0 Å². The van der Waals surface area contributed by atoms with Crippen LogP contribution in [0.3, 0.4) is 0 Å². The van der Waals surface area contributed by atoms with Crippen LogP contribution in [0.5, 0.6) is 0 Å². The van der Waals surface area contributed by atoms with E-state index < -0.39 is 0 Å². The van der Waals surface area contributed by atoms with E-state index in [4.69, 9.17) is 4.74 Å². The molecule has 0 radical (unpaired) electrons. The Hall–Kier alpha value is -0.380. The highest BCUT2D eigenvalue weighted by molar-refractivity contribution is 4.95. The standard InChI is InChI=1S/C5H9NO.C5H9N/c1-6-2-4-5(3-6)7-4;1-6-4-2-3-5-6/h4-5H,2-3H2,1H3;2-3H,4-5H2,1H3. The molecule has 2 saturated heterocycles. The minimum atomic E-state index is 0.616. The molecule has 2 fully saturated rings. The number of morpholine rings is 1. The van der Waals surface area contributed by atoms with Crippen LogP contribution < -0.4 is 0 Å². The Labute approximate surface area is 80.0 Å². The Morgan fingerprint density at radius 3 is 1.77 bits per heavy atom. The van der Waals surface area contributed by atoms with Crippen LogP contribution in [0.15, 0.2) is 12.2 Å². The van der Waals surface area contributed by atoms with Crippen molar-refractivity contribution in [3.8, 4) is 0 Å². The number of likely N-dealkylation sites (tertiary alicyclic amines) is 1. The lowest BCUT2D eigenvalue weighted by molar-refractivity contribution is 0.233. The average molecular weight is 182 g/mol. The van der Waals surface area contributed by atoms with Gasteiger partial charge in [0.1, 0.15) is 0 Å². The molecule has 13 heavy (non-hydrogen) atoms. The van der Waals surface area contributed by atoms with Gasteiger partial charge in [0.05, 0.1) is 12.2 Å². The molecular weight excluding hydrogens is 164 g/mol. The molecule has 0 saturated carbocycles. The summed E-state index contributed by atoms with van der Waals surface area (Å²) in [6.07, 6.45) is 5.59. The summed E-state index contributed by atoms with van der Waals surface area (Å²) in [5, 5.41) is 0. The van der Waals surface area contributed by atoms with Gasteiger partial charge in [-0.15, -0.1) is 0 Å². The van der Waals surface area contributed by atoms with E-state index in [-0.39, 0.29) is 0 Å². The summed E-state index contributed by atoms with van der Waals surface area (Å²) in [4.78, 5) is 4.55. The Balaban J connectivity index is 0.000000102. The second-order valence-electron chi connectivity index (χ2n) is 4.13. The zero-order valence-corrected chi connectivity index (χ0v) is 8.44. The van der Waals surface area contributed by atoms with Gasteiger partial charge in [0.15, 0.2) is 0 Å². The normalized spacial score (nSPS) is 37.1. The van der Waals surface area contributed by atoms with Crippen molar-refractivity contribution in [2.24, 2.45) is 0 Å². The van der Waals surface area contributed by atoms with E-state index >= 15 is 0 Å². The second-order valence-corrected chi connectivity index (χ2v) is 4.13. The number of nitrogens with zero attached hydrogens (tertiary/aromatic N) is 2. The molecule has 3 rings (SSSR count). The quantitative estimate of drug-likeness (QED) is 0.394. The molecule has 0 bridgehead atoms. The molecule has 0 aromatic rings. The minimum Gasteiger partial charge on any atom is -0.367 e. The fourth-order valence-electron chi connectivity index (χ4n) is 1.77. The van der Waals surface area contributed by atoms with E-state index in [0.29, 0.717) is 12.2 Å². The van der Waals surface area contributed by atoms with Crippen molar-refractivity contribution in [2.75, 3.05) is 40.3 Å². The first-order valence-corrected chi connectivity index (χ1v) is 4.93. The maximum absolute atomic E-state index is 5.18. The number of ether oxygens (including phenoxy) is 1. The highest BCUT2D eigenvalue weighted by Gasteiger charge is 2.45. The summed E-state index contributed by atoms with van der Waals surface area (Å²) in [5.74, 6) is 0. The van der Waals surface area contributed by atoms with Gasteiger partial charge in [-0.25, -0.2) is 0 Å². The van der Waals surface area contributed by atoms with E-state index in [1.54, 1.807) is 0 Å². The zero-order valence-electron chi connectivity index (χ0n) is 8.44. The van der Waals surface area contributed by atoms with Crippen molar-refractivity contribution in [3.63, 3.8) is 0 Å². The Morgan fingerprint density at radius 1 is 1.00 bits per heavy atom. The molecular formula is C10H18N2O. The summed E-state index contributed by atoms with van der Waals surface area (Å²) in [6.45, 7) is 4.59. The molecule has 0 N–H and O–H groups in total. The molecule has 0 aromatic carbocycles. The summed E-state index contributed by atoms with van der Waals surface area (Å²) in [5.41, 5.74) is 0. The number of epoxide rings is 1. The van der Waals surface area contributed by atoms with Crippen LogP contribution in [-0.2, 0) is 4.74 Å². The van der Waals surface area contributed by atoms with Gasteiger partial charge in [0, 0.05) is 26.2 Å². The molecule has 0 amide bonds. The van der Waals surface area contributed by atoms with Gasteiger partial charge in [-0.05, 0) is 14.1 Å². The highest BCUT2D eigenvalue weighted by atomic mass is 16.6. The van der Waals surface area contributed by atoms with Crippen LogP contribution in [0.25, 0.3) is 0 Å². The number of fused-ring (bicyclic) bond motifs is 1. The first kappa shape index (κ1) is 9.19. The monoisotopic (exact) mass is 182 g/mol. The lowest BCUT2D eigenvalue weighted by Crippen LogP contribution is -2.18. The number of rotatable bonds is 0. The third-order valence-corrected chi connectivity index (χ3v) is 2.67. The van der Waals surface area contributed by atoms with E-state index in [1.807, 2.05) is 0 Å². The predicted molar refractivity (Wildman–Crippen MR) is 52.8 cm³/mol. The predicted octanol–water partition coefficient (Wildman–Crippen LogP) is 0.187. The van der Waals surface area contributed by atoms with Crippen LogP contribution in [0.1, 0.15) is 0 Å². The van der Waals surface area contributed by atoms with Crippen molar-refractivity contribution in [2.45, 2.75) is 12.2 Å². The SMILES string of the molecule is CN1CC2OC2C1.CN1CC=CC1. The molecule has 3 aliphatic rings. The van der Waals surface area contributed by atoms with Gasteiger partial charge in [0.25, 0.3) is 0 Å². The zero-order chi connectivity index (χ0) is 9.26. The molecule has 2 unspecified atom stereocenters. The Bertz CT molecular complexity index is 187. The summed E-state index contributed by atoms with van der Waals surface area (Å²) < 4.78 is 5.18. The molecule has 0 spiro atoms.